The molecule has 3 aliphatic rings. The number of nitrogens with zero attached hydrogens (tertiary/aromatic N) is 3. The smallest absolute Gasteiger partial charge is 0.225 e. The Labute approximate surface area is 152 Å². The molecule has 1 unspecified atom stereocenters. The van der Waals surface area contributed by atoms with E-state index >= 15 is 0 Å². The lowest BCUT2D eigenvalue weighted by atomic mass is 9.94. The average molecular weight is 372 g/mol. The minimum Gasteiger partial charge on any atom is -0.341 e. The molecule has 0 aliphatic carbocycles. The molecule has 3 fully saturated rings. The maximum Gasteiger partial charge on any atom is 0.225 e. The van der Waals surface area contributed by atoms with Crippen LogP contribution in [0.1, 0.15) is 39.5 Å². The highest BCUT2D eigenvalue weighted by molar-refractivity contribution is 7.91. The van der Waals surface area contributed by atoms with Crippen molar-refractivity contribution in [2.75, 3.05) is 50.8 Å². The number of hydrogen-bond donors (Lipinski definition) is 0. The van der Waals surface area contributed by atoms with Crippen molar-refractivity contribution in [1.82, 2.24) is 14.7 Å². The third-order valence-electron chi connectivity index (χ3n) is 6.18. The number of carbonyl (C=O) groups excluding carboxylic acids is 1. The van der Waals surface area contributed by atoms with Gasteiger partial charge in [-0.15, -0.1) is 0 Å². The molecule has 1 amide bonds. The minimum atomic E-state index is -2.83. The van der Waals surface area contributed by atoms with E-state index in [4.69, 9.17) is 0 Å². The fraction of sp³-hybridized carbons (Fsp3) is 0.944. The zero-order chi connectivity index (χ0) is 18.0. The lowest BCUT2D eigenvalue weighted by molar-refractivity contribution is -0.137. The van der Waals surface area contributed by atoms with Crippen LogP contribution >= 0.6 is 0 Å². The predicted molar refractivity (Wildman–Crippen MR) is 99.3 cm³/mol. The molecule has 0 saturated carbocycles. The van der Waals surface area contributed by atoms with Crippen LogP contribution in [0.15, 0.2) is 0 Å². The van der Waals surface area contributed by atoms with Crippen LogP contribution in [0.25, 0.3) is 0 Å². The molecule has 3 heterocycles. The van der Waals surface area contributed by atoms with Gasteiger partial charge < -0.3 is 4.90 Å². The van der Waals surface area contributed by atoms with Gasteiger partial charge in [0.2, 0.25) is 5.91 Å². The second kappa shape index (κ2) is 7.92. The van der Waals surface area contributed by atoms with Crippen molar-refractivity contribution >= 4 is 15.7 Å². The van der Waals surface area contributed by atoms with E-state index in [1.54, 1.807) is 0 Å². The lowest BCUT2D eigenvalue weighted by Gasteiger charge is -2.36. The molecule has 0 aromatic carbocycles. The number of hydrogen-bond acceptors (Lipinski definition) is 5. The van der Waals surface area contributed by atoms with Crippen LogP contribution in [-0.2, 0) is 14.6 Å². The highest BCUT2D eigenvalue weighted by Crippen LogP contribution is 2.26. The van der Waals surface area contributed by atoms with Crippen LogP contribution < -0.4 is 0 Å². The highest BCUT2D eigenvalue weighted by Gasteiger charge is 2.36. The molecular formula is C18H33N3O3S. The van der Waals surface area contributed by atoms with Crippen LogP contribution in [0.3, 0.4) is 0 Å². The van der Waals surface area contributed by atoms with Gasteiger partial charge in [-0.05, 0) is 52.6 Å². The Morgan fingerprint density at radius 3 is 2.28 bits per heavy atom. The summed E-state index contributed by atoms with van der Waals surface area (Å²) < 4.78 is 23.4. The molecule has 0 bridgehead atoms. The fourth-order valence-electron chi connectivity index (χ4n) is 4.51. The van der Waals surface area contributed by atoms with Crippen molar-refractivity contribution in [3.63, 3.8) is 0 Å². The number of rotatable bonds is 3. The van der Waals surface area contributed by atoms with Crippen LogP contribution in [0.5, 0.6) is 0 Å². The molecule has 3 rings (SSSR count). The van der Waals surface area contributed by atoms with E-state index in [1.807, 2.05) is 0 Å². The van der Waals surface area contributed by atoms with Crippen LogP contribution in [0, 0.1) is 5.92 Å². The second-order valence-corrected chi connectivity index (χ2v) is 10.4. The summed E-state index contributed by atoms with van der Waals surface area (Å²) in [6, 6.07) is 0.722. The standard InChI is InChI=1S/C18H33N3O3S/c1-15(2)19-7-3-8-21(12-11-19)18(22)16-4-9-20(10-5-16)17-6-13-25(23,24)14-17/h15-17H,3-14H2,1-2H3. The molecular weight excluding hydrogens is 338 g/mol. The van der Waals surface area contributed by atoms with Crippen LogP contribution in [0.4, 0.5) is 0 Å². The summed E-state index contributed by atoms with van der Waals surface area (Å²) in [5.41, 5.74) is 0. The molecule has 144 valence electrons. The maximum absolute atomic E-state index is 12.9. The normalized spacial score (nSPS) is 29.9. The Hall–Kier alpha value is -0.660. The van der Waals surface area contributed by atoms with Crippen LogP contribution in [-0.4, -0.2) is 91.9 Å². The van der Waals surface area contributed by atoms with Gasteiger partial charge in [0.1, 0.15) is 0 Å². The first-order chi connectivity index (χ1) is 11.9. The van der Waals surface area contributed by atoms with Gasteiger partial charge in [-0.2, -0.15) is 0 Å². The summed E-state index contributed by atoms with van der Waals surface area (Å²) in [4.78, 5) is 19.7. The van der Waals surface area contributed by atoms with E-state index in [1.165, 1.54) is 0 Å². The number of amides is 1. The third kappa shape index (κ3) is 4.74. The lowest BCUT2D eigenvalue weighted by Crippen LogP contribution is -2.47. The quantitative estimate of drug-likeness (QED) is 0.735. The van der Waals surface area contributed by atoms with E-state index < -0.39 is 9.84 Å². The van der Waals surface area contributed by atoms with Crippen molar-refractivity contribution in [1.29, 1.82) is 0 Å². The Morgan fingerprint density at radius 2 is 1.68 bits per heavy atom. The van der Waals surface area contributed by atoms with E-state index in [9.17, 15) is 13.2 Å². The highest BCUT2D eigenvalue weighted by atomic mass is 32.2. The largest absolute Gasteiger partial charge is 0.341 e. The monoisotopic (exact) mass is 371 g/mol. The summed E-state index contributed by atoms with van der Waals surface area (Å²) in [5.74, 6) is 1.09. The first-order valence-corrected chi connectivity index (χ1v) is 11.6. The Morgan fingerprint density at radius 1 is 0.960 bits per heavy atom. The summed E-state index contributed by atoms with van der Waals surface area (Å²) >= 11 is 0. The summed E-state index contributed by atoms with van der Waals surface area (Å²) in [6.07, 6.45) is 3.57. The first-order valence-electron chi connectivity index (χ1n) is 9.83. The third-order valence-corrected chi connectivity index (χ3v) is 7.93. The van der Waals surface area contributed by atoms with E-state index in [0.717, 1.165) is 65.0 Å². The van der Waals surface area contributed by atoms with Gasteiger partial charge in [0.05, 0.1) is 11.5 Å². The van der Waals surface area contributed by atoms with Gasteiger partial charge in [-0.1, -0.05) is 0 Å². The summed E-state index contributed by atoms with van der Waals surface area (Å²) in [5, 5.41) is 0. The fourth-order valence-corrected chi connectivity index (χ4v) is 6.27. The van der Waals surface area contributed by atoms with Crippen molar-refractivity contribution in [2.24, 2.45) is 5.92 Å². The molecule has 6 nitrogen and oxygen atoms in total. The molecule has 1 atom stereocenters. The van der Waals surface area contributed by atoms with Crippen LogP contribution in [0.2, 0.25) is 0 Å². The Bertz CT molecular complexity index is 570. The molecule has 25 heavy (non-hydrogen) atoms. The summed E-state index contributed by atoms with van der Waals surface area (Å²) in [6.45, 7) is 9.94. The molecule has 3 aliphatic heterocycles. The molecule has 0 N–H and O–H groups in total. The van der Waals surface area contributed by atoms with E-state index in [0.29, 0.717) is 23.5 Å². The number of sulfone groups is 1. The Balaban J connectivity index is 1.48. The number of carbonyl (C=O) groups is 1. The topological polar surface area (TPSA) is 60.9 Å². The van der Waals surface area contributed by atoms with Gasteiger partial charge >= 0.3 is 0 Å². The Kier molecular flexibility index (Phi) is 6.06. The first kappa shape index (κ1) is 19.1. The van der Waals surface area contributed by atoms with Crippen molar-refractivity contribution < 1.29 is 13.2 Å². The van der Waals surface area contributed by atoms with Gasteiger partial charge in [-0.25, -0.2) is 8.42 Å². The zero-order valence-corrected chi connectivity index (χ0v) is 16.5. The number of likely N-dealkylation sites (tertiary alicyclic amines) is 1. The number of piperidine rings is 1. The minimum absolute atomic E-state index is 0.125. The van der Waals surface area contributed by atoms with Gasteiger partial charge in [0, 0.05) is 44.2 Å². The molecule has 0 radical (unpaired) electrons. The van der Waals surface area contributed by atoms with Gasteiger partial charge in [0.25, 0.3) is 0 Å². The van der Waals surface area contributed by atoms with Crippen molar-refractivity contribution in [3.8, 4) is 0 Å². The molecule has 0 spiro atoms. The van der Waals surface area contributed by atoms with Gasteiger partial charge in [0.15, 0.2) is 9.84 Å². The summed E-state index contributed by atoms with van der Waals surface area (Å²) in [7, 11) is -2.83. The molecule has 3 saturated heterocycles. The predicted octanol–water partition coefficient (Wildman–Crippen LogP) is 0.828. The maximum atomic E-state index is 12.9. The van der Waals surface area contributed by atoms with Crippen molar-refractivity contribution in [2.45, 2.75) is 51.6 Å². The van der Waals surface area contributed by atoms with E-state index in [2.05, 4.69) is 28.5 Å². The molecule has 7 heteroatoms. The SMILES string of the molecule is CC(C)N1CCCN(C(=O)C2CCN(C3CCS(=O)(=O)C3)CC2)CC1. The van der Waals surface area contributed by atoms with Crippen molar-refractivity contribution in [3.05, 3.63) is 0 Å². The second-order valence-electron chi connectivity index (χ2n) is 8.18. The molecule has 0 aromatic heterocycles. The van der Waals surface area contributed by atoms with E-state index in [-0.39, 0.29) is 12.0 Å². The average Bonchev–Trinajstić information content (AvgIpc) is 2.80. The van der Waals surface area contributed by atoms with Gasteiger partial charge in [-0.3, -0.25) is 14.6 Å². The zero-order valence-electron chi connectivity index (χ0n) is 15.7. The molecule has 0 aromatic rings.